The van der Waals surface area contributed by atoms with E-state index in [0.717, 1.165) is 32.8 Å². The Balaban J connectivity index is 2.50. The molecule has 1 unspecified atom stereocenters. The van der Waals surface area contributed by atoms with Crippen LogP contribution in [0.2, 0.25) is 0 Å². The van der Waals surface area contributed by atoms with E-state index in [1.807, 2.05) is 0 Å². The fraction of sp³-hybridized carbons (Fsp3) is 1.00. The lowest BCUT2D eigenvalue weighted by Gasteiger charge is -2.46. The largest absolute Gasteiger partial charge is 0.379 e. The highest BCUT2D eigenvalue weighted by Crippen LogP contribution is 2.24. The third-order valence-corrected chi connectivity index (χ3v) is 4.48. The zero-order chi connectivity index (χ0) is 14.1. The molecule has 1 rings (SSSR count). The molecule has 1 aliphatic rings. The minimum absolute atomic E-state index is 0.228. The Morgan fingerprint density at radius 2 is 1.79 bits per heavy atom. The van der Waals surface area contributed by atoms with Crippen molar-refractivity contribution in [3.8, 4) is 0 Å². The first-order chi connectivity index (χ1) is 9.12. The first-order valence-electron chi connectivity index (χ1n) is 8.19. The molecule has 3 nitrogen and oxygen atoms in total. The van der Waals surface area contributed by atoms with Gasteiger partial charge in [-0.25, -0.2) is 0 Å². The van der Waals surface area contributed by atoms with Crippen molar-refractivity contribution in [2.24, 2.45) is 0 Å². The molecule has 1 saturated heterocycles. The molecule has 19 heavy (non-hydrogen) atoms. The van der Waals surface area contributed by atoms with E-state index < -0.39 is 0 Å². The van der Waals surface area contributed by atoms with Crippen molar-refractivity contribution in [1.29, 1.82) is 0 Å². The third kappa shape index (κ3) is 5.41. The summed E-state index contributed by atoms with van der Waals surface area (Å²) >= 11 is 0. The van der Waals surface area contributed by atoms with E-state index in [9.17, 15) is 0 Å². The predicted molar refractivity (Wildman–Crippen MR) is 82.7 cm³/mol. The van der Waals surface area contributed by atoms with E-state index in [1.165, 1.54) is 32.1 Å². The van der Waals surface area contributed by atoms with Gasteiger partial charge in [-0.15, -0.1) is 0 Å². The van der Waals surface area contributed by atoms with E-state index >= 15 is 0 Å². The molecular weight excluding hydrogens is 236 g/mol. The van der Waals surface area contributed by atoms with Crippen LogP contribution in [0.1, 0.15) is 59.8 Å². The molecule has 114 valence electrons. The number of unbranched alkanes of at least 4 members (excludes halogenated alkanes) is 3. The zero-order valence-corrected chi connectivity index (χ0v) is 13.5. The van der Waals surface area contributed by atoms with Crippen molar-refractivity contribution in [3.05, 3.63) is 0 Å². The number of morpholine rings is 1. The highest BCUT2D eigenvalue weighted by Gasteiger charge is 2.35. The molecule has 0 spiro atoms. The van der Waals surface area contributed by atoms with E-state index in [4.69, 9.17) is 4.74 Å². The van der Waals surface area contributed by atoms with E-state index in [2.05, 4.69) is 37.9 Å². The predicted octanol–water partition coefficient (Wildman–Crippen LogP) is 3.05. The summed E-state index contributed by atoms with van der Waals surface area (Å²) in [4.78, 5) is 2.60. The van der Waals surface area contributed by atoms with E-state index in [1.54, 1.807) is 0 Å². The van der Waals surface area contributed by atoms with Gasteiger partial charge in [-0.1, -0.05) is 39.5 Å². The Bertz CT molecular complexity index is 225. The maximum absolute atomic E-state index is 5.49. The average Bonchev–Trinajstić information content (AvgIpc) is 2.43. The van der Waals surface area contributed by atoms with Crippen LogP contribution in [0.5, 0.6) is 0 Å². The van der Waals surface area contributed by atoms with Crippen molar-refractivity contribution in [2.45, 2.75) is 71.4 Å². The number of nitrogens with one attached hydrogen (secondary N) is 1. The van der Waals surface area contributed by atoms with Gasteiger partial charge in [0, 0.05) is 24.7 Å². The quantitative estimate of drug-likeness (QED) is 0.652. The normalized spacial score (nSPS) is 19.6. The van der Waals surface area contributed by atoms with Crippen molar-refractivity contribution >= 4 is 0 Å². The van der Waals surface area contributed by atoms with Crippen LogP contribution in [-0.4, -0.2) is 49.3 Å². The summed E-state index contributed by atoms with van der Waals surface area (Å²) in [7, 11) is 0. The van der Waals surface area contributed by atoms with Crippen molar-refractivity contribution in [2.75, 3.05) is 32.8 Å². The van der Waals surface area contributed by atoms with Gasteiger partial charge in [-0.2, -0.15) is 0 Å². The molecule has 0 radical (unpaired) electrons. The zero-order valence-electron chi connectivity index (χ0n) is 13.5. The number of likely N-dealkylation sites (N-methyl/N-ethyl adjacent to an activating group) is 1. The van der Waals surface area contributed by atoms with Crippen LogP contribution in [0.25, 0.3) is 0 Å². The summed E-state index contributed by atoms with van der Waals surface area (Å²) < 4.78 is 5.49. The fourth-order valence-electron chi connectivity index (χ4n) is 3.09. The molecule has 0 bridgehead atoms. The maximum atomic E-state index is 5.49. The first-order valence-corrected chi connectivity index (χ1v) is 8.19. The molecular formula is C16H34N2O. The molecule has 0 amide bonds. The third-order valence-electron chi connectivity index (χ3n) is 4.48. The minimum Gasteiger partial charge on any atom is -0.379 e. The Kier molecular flexibility index (Phi) is 7.96. The summed E-state index contributed by atoms with van der Waals surface area (Å²) in [5, 5.41) is 3.71. The Morgan fingerprint density at radius 3 is 2.37 bits per heavy atom. The average molecular weight is 270 g/mol. The van der Waals surface area contributed by atoms with Crippen LogP contribution >= 0.6 is 0 Å². The number of rotatable bonds is 9. The van der Waals surface area contributed by atoms with E-state index in [0.29, 0.717) is 6.04 Å². The van der Waals surface area contributed by atoms with Gasteiger partial charge in [0.15, 0.2) is 0 Å². The van der Waals surface area contributed by atoms with Gasteiger partial charge in [0.05, 0.1) is 13.2 Å². The second-order valence-corrected chi connectivity index (χ2v) is 6.21. The van der Waals surface area contributed by atoms with Gasteiger partial charge < -0.3 is 10.1 Å². The maximum Gasteiger partial charge on any atom is 0.0594 e. The van der Waals surface area contributed by atoms with Gasteiger partial charge in [-0.05, 0) is 26.8 Å². The van der Waals surface area contributed by atoms with Crippen LogP contribution in [0.4, 0.5) is 0 Å². The lowest BCUT2D eigenvalue weighted by atomic mass is 9.87. The van der Waals surface area contributed by atoms with Gasteiger partial charge in [0.1, 0.15) is 0 Å². The Morgan fingerprint density at radius 1 is 1.11 bits per heavy atom. The molecule has 0 aliphatic carbocycles. The lowest BCUT2D eigenvalue weighted by molar-refractivity contribution is -0.0244. The monoisotopic (exact) mass is 270 g/mol. The molecule has 3 heteroatoms. The summed E-state index contributed by atoms with van der Waals surface area (Å²) in [6, 6.07) is 0.590. The Hall–Kier alpha value is -0.120. The first kappa shape index (κ1) is 16.9. The molecule has 1 atom stereocenters. The van der Waals surface area contributed by atoms with Gasteiger partial charge in [0.25, 0.3) is 0 Å². The van der Waals surface area contributed by atoms with Crippen LogP contribution in [0.15, 0.2) is 0 Å². The summed E-state index contributed by atoms with van der Waals surface area (Å²) in [6.07, 6.45) is 6.70. The molecule has 1 N–H and O–H groups in total. The summed E-state index contributed by atoms with van der Waals surface area (Å²) in [5.74, 6) is 0. The summed E-state index contributed by atoms with van der Waals surface area (Å²) in [5.41, 5.74) is 0.228. The molecule has 0 aromatic heterocycles. The van der Waals surface area contributed by atoms with Crippen molar-refractivity contribution < 1.29 is 4.74 Å². The molecule has 0 aromatic carbocycles. The van der Waals surface area contributed by atoms with Gasteiger partial charge in [-0.3, -0.25) is 4.90 Å². The number of hydrogen-bond acceptors (Lipinski definition) is 3. The highest BCUT2D eigenvalue weighted by atomic mass is 16.5. The molecule has 0 saturated carbocycles. The van der Waals surface area contributed by atoms with Crippen LogP contribution < -0.4 is 5.32 Å². The minimum atomic E-state index is 0.228. The standard InChI is InChI=1S/C16H34N2O/c1-5-7-8-9-10-15(17-6-2)16(3,4)18-11-13-19-14-12-18/h15,17H,5-14H2,1-4H3. The van der Waals surface area contributed by atoms with E-state index in [-0.39, 0.29) is 5.54 Å². The lowest BCUT2D eigenvalue weighted by Crippen LogP contribution is -2.60. The summed E-state index contributed by atoms with van der Waals surface area (Å²) in [6.45, 7) is 14.3. The van der Waals surface area contributed by atoms with Gasteiger partial charge in [0.2, 0.25) is 0 Å². The topological polar surface area (TPSA) is 24.5 Å². The number of nitrogens with zero attached hydrogens (tertiary/aromatic N) is 1. The van der Waals surface area contributed by atoms with Crippen LogP contribution in [0, 0.1) is 0 Å². The fourth-order valence-corrected chi connectivity index (χ4v) is 3.09. The van der Waals surface area contributed by atoms with Crippen molar-refractivity contribution in [3.63, 3.8) is 0 Å². The number of hydrogen-bond donors (Lipinski definition) is 1. The van der Waals surface area contributed by atoms with Gasteiger partial charge >= 0.3 is 0 Å². The second-order valence-electron chi connectivity index (χ2n) is 6.21. The molecule has 1 fully saturated rings. The SMILES string of the molecule is CCCCCCC(NCC)C(C)(C)N1CCOCC1. The molecule has 1 heterocycles. The van der Waals surface area contributed by atoms with Crippen molar-refractivity contribution in [1.82, 2.24) is 10.2 Å². The highest BCUT2D eigenvalue weighted by molar-refractivity contribution is 4.94. The smallest absolute Gasteiger partial charge is 0.0594 e. The van der Waals surface area contributed by atoms with Crippen LogP contribution in [-0.2, 0) is 4.74 Å². The Labute approximate surface area is 120 Å². The molecule has 0 aromatic rings. The molecule has 1 aliphatic heterocycles. The van der Waals surface area contributed by atoms with Crippen LogP contribution in [0.3, 0.4) is 0 Å². The number of ether oxygens (including phenoxy) is 1. The second kappa shape index (κ2) is 8.93.